The fraction of sp³-hybridized carbons (Fsp3) is 0.588. The highest BCUT2D eigenvalue weighted by molar-refractivity contribution is 5.94. The molecule has 1 aliphatic rings. The number of methoxy groups -OCH3 is 1. The summed E-state index contributed by atoms with van der Waals surface area (Å²) in [6.07, 6.45) is -2.39. The van der Waals surface area contributed by atoms with E-state index in [9.17, 15) is 18.0 Å². The Hall–Kier alpha value is -1.60. The van der Waals surface area contributed by atoms with E-state index in [1.54, 1.807) is 7.11 Å². The summed E-state index contributed by atoms with van der Waals surface area (Å²) in [5.74, 6) is 0.0766. The number of nitrogens with one attached hydrogen (secondary N) is 1. The molecule has 4 nitrogen and oxygen atoms in total. The maximum atomic E-state index is 12.5. The number of piperidine rings is 1. The first-order chi connectivity index (χ1) is 11.4. The van der Waals surface area contributed by atoms with Gasteiger partial charge in [0.1, 0.15) is 0 Å². The molecule has 24 heavy (non-hydrogen) atoms. The highest BCUT2D eigenvalue weighted by Crippen LogP contribution is 2.29. The predicted octanol–water partition coefficient (Wildman–Crippen LogP) is 2.79. The summed E-state index contributed by atoms with van der Waals surface area (Å²) in [6, 6.07) is 4.30. The lowest BCUT2D eigenvalue weighted by atomic mass is 9.96. The van der Waals surface area contributed by atoms with Gasteiger partial charge in [0.2, 0.25) is 0 Å². The Bertz CT molecular complexity index is 524. The minimum absolute atomic E-state index is 0.250. The number of hydrogen-bond donors (Lipinski definition) is 1. The van der Waals surface area contributed by atoms with Gasteiger partial charge in [0.25, 0.3) is 5.91 Å². The Labute approximate surface area is 140 Å². The van der Waals surface area contributed by atoms with Crippen molar-refractivity contribution in [1.82, 2.24) is 10.2 Å². The second kappa shape index (κ2) is 8.48. The summed E-state index contributed by atoms with van der Waals surface area (Å²) in [5.41, 5.74) is -0.497. The van der Waals surface area contributed by atoms with Crippen LogP contribution in [0.5, 0.6) is 0 Å². The van der Waals surface area contributed by atoms with Crippen molar-refractivity contribution >= 4 is 5.91 Å². The van der Waals surface area contributed by atoms with Crippen LogP contribution < -0.4 is 5.32 Å². The first-order valence-electron chi connectivity index (χ1n) is 8.07. The van der Waals surface area contributed by atoms with Crippen molar-refractivity contribution in [2.45, 2.75) is 19.0 Å². The van der Waals surface area contributed by atoms with Crippen LogP contribution in [0.4, 0.5) is 13.2 Å². The average Bonchev–Trinajstić information content (AvgIpc) is 2.58. The molecular weight excluding hydrogens is 321 g/mol. The summed E-state index contributed by atoms with van der Waals surface area (Å²) in [7, 11) is 1.68. The van der Waals surface area contributed by atoms with Crippen LogP contribution in [0.3, 0.4) is 0 Å². The monoisotopic (exact) mass is 344 g/mol. The quantitative estimate of drug-likeness (QED) is 0.863. The number of halogens is 3. The fourth-order valence-corrected chi connectivity index (χ4v) is 2.78. The molecule has 1 aromatic carbocycles. The number of hydrogen-bond acceptors (Lipinski definition) is 3. The third kappa shape index (κ3) is 5.49. The highest BCUT2D eigenvalue weighted by atomic mass is 19.4. The first kappa shape index (κ1) is 18.7. The SMILES string of the molecule is COCCN1CCC(CNC(=O)c2ccc(C(F)(F)F)cc2)CC1. The molecule has 134 valence electrons. The number of ether oxygens (including phenoxy) is 1. The largest absolute Gasteiger partial charge is 0.416 e. The zero-order chi connectivity index (χ0) is 17.6. The Morgan fingerprint density at radius 3 is 2.42 bits per heavy atom. The van der Waals surface area contributed by atoms with Crippen molar-refractivity contribution in [3.63, 3.8) is 0 Å². The standard InChI is InChI=1S/C17H23F3N2O2/c1-24-11-10-22-8-6-13(7-9-22)12-21-16(23)14-2-4-15(5-3-14)17(18,19)20/h2-5,13H,6-12H2,1H3,(H,21,23). The predicted molar refractivity (Wildman–Crippen MR) is 84.8 cm³/mol. The Morgan fingerprint density at radius 2 is 1.88 bits per heavy atom. The minimum Gasteiger partial charge on any atom is -0.383 e. The molecule has 1 aliphatic heterocycles. The zero-order valence-electron chi connectivity index (χ0n) is 13.7. The van der Waals surface area contributed by atoms with Gasteiger partial charge in [-0.3, -0.25) is 4.79 Å². The zero-order valence-corrected chi connectivity index (χ0v) is 13.7. The smallest absolute Gasteiger partial charge is 0.383 e. The van der Waals surface area contributed by atoms with E-state index in [0.717, 1.165) is 51.2 Å². The van der Waals surface area contributed by atoms with Gasteiger partial charge in [-0.05, 0) is 56.1 Å². The topological polar surface area (TPSA) is 41.6 Å². The van der Waals surface area contributed by atoms with Crippen molar-refractivity contribution in [3.05, 3.63) is 35.4 Å². The molecule has 1 heterocycles. The van der Waals surface area contributed by atoms with Gasteiger partial charge in [0.15, 0.2) is 0 Å². The lowest BCUT2D eigenvalue weighted by molar-refractivity contribution is -0.137. The fourth-order valence-electron chi connectivity index (χ4n) is 2.78. The second-order valence-electron chi connectivity index (χ2n) is 6.06. The molecule has 1 fully saturated rings. The molecule has 0 saturated carbocycles. The summed E-state index contributed by atoms with van der Waals surface area (Å²) < 4.78 is 42.6. The number of rotatable bonds is 6. The van der Waals surface area contributed by atoms with E-state index in [1.165, 1.54) is 12.1 Å². The number of likely N-dealkylation sites (tertiary alicyclic amines) is 1. The number of amides is 1. The molecular formula is C17H23F3N2O2. The minimum atomic E-state index is -4.38. The molecule has 0 aromatic heterocycles. The van der Waals surface area contributed by atoms with Crippen LogP contribution in [-0.2, 0) is 10.9 Å². The lowest BCUT2D eigenvalue weighted by Gasteiger charge is -2.31. The van der Waals surface area contributed by atoms with Crippen LogP contribution in [0, 0.1) is 5.92 Å². The third-order valence-corrected chi connectivity index (χ3v) is 4.34. The van der Waals surface area contributed by atoms with E-state index in [0.29, 0.717) is 12.5 Å². The van der Waals surface area contributed by atoms with Crippen LogP contribution in [0.25, 0.3) is 0 Å². The van der Waals surface area contributed by atoms with Crippen LogP contribution in [-0.4, -0.2) is 50.7 Å². The molecule has 1 saturated heterocycles. The maximum Gasteiger partial charge on any atom is 0.416 e. The van der Waals surface area contributed by atoms with E-state index < -0.39 is 11.7 Å². The van der Waals surface area contributed by atoms with E-state index >= 15 is 0 Å². The van der Waals surface area contributed by atoms with Gasteiger partial charge < -0.3 is 15.0 Å². The lowest BCUT2D eigenvalue weighted by Crippen LogP contribution is -2.39. The average molecular weight is 344 g/mol. The normalized spacial score (nSPS) is 17.0. The highest BCUT2D eigenvalue weighted by Gasteiger charge is 2.30. The molecule has 2 rings (SSSR count). The molecule has 0 bridgehead atoms. The van der Waals surface area contributed by atoms with Crippen molar-refractivity contribution in [3.8, 4) is 0 Å². The first-order valence-corrected chi connectivity index (χ1v) is 8.07. The Morgan fingerprint density at radius 1 is 1.25 bits per heavy atom. The number of benzene rings is 1. The van der Waals surface area contributed by atoms with E-state index in [-0.39, 0.29) is 11.5 Å². The Balaban J connectivity index is 1.76. The van der Waals surface area contributed by atoms with Crippen molar-refractivity contribution in [2.24, 2.45) is 5.92 Å². The molecule has 1 aromatic rings. The number of carbonyl (C=O) groups is 1. The van der Waals surface area contributed by atoms with Gasteiger partial charge in [0.05, 0.1) is 12.2 Å². The summed E-state index contributed by atoms with van der Waals surface area (Å²) >= 11 is 0. The van der Waals surface area contributed by atoms with Gasteiger partial charge in [-0.15, -0.1) is 0 Å². The number of alkyl halides is 3. The number of carbonyl (C=O) groups excluding carboxylic acids is 1. The molecule has 7 heteroatoms. The molecule has 1 N–H and O–H groups in total. The number of nitrogens with zero attached hydrogens (tertiary/aromatic N) is 1. The van der Waals surface area contributed by atoms with Gasteiger partial charge >= 0.3 is 6.18 Å². The molecule has 0 spiro atoms. The van der Waals surface area contributed by atoms with Crippen LogP contribution in [0.2, 0.25) is 0 Å². The summed E-state index contributed by atoms with van der Waals surface area (Å²) in [5, 5.41) is 2.82. The molecule has 1 amide bonds. The van der Waals surface area contributed by atoms with Crippen LogP contribution >= 0.6 is 0 Å². The van der Waals surface area contributed by atoms with E-state index in [2.05, 4.69) is 10.2 Å². The van der Waals surface area contributed by atoms with Gasteiger partial charge in [-0.2, -0.15) is 13.2 Å². The van der Waals surface area contributed by atoms with E-state index in [4.69, 9.17) is 4.74 Å². The van der Waals surface area contributed by atoms with Crippen LogP contribution in [0.15, 0.2) is 24.3 Å². The van der Waals surface area contributed by atoms with Crippen LogP contribution in [0.1, 0.15) is 28.8 Å². The molecule has 0 atom stereocenters. The van der Waals surface area contributed by atoms with E-state index in [1.807, 2.05) is 0 Å². The third-order valence-electron chi connectivity index (χ3n) is 4.34. The summed E-state index contributed by atoms with van der Waals surface area (Å²) in [6.45, 7) is 4.14. The summed E-state index contributed by atoms with van der Waals surface area (Å²) in [4.78, 5) is 14.4. The van der Waals surface area contributed by atoms with Crippen molar-refractivity contribution in [1.29, 1.82) is 0 Å². The van der Waals surface area contributed by atoms with Crippen molar-refractivity contribution in [2.75, 3.05) is 39.9 Å². The Kier molecular flexibility index (Phi) is 6.62. The van der Waals surface area contributed by atoms with Gasteiger partial charge in [0, 0.05) is 25.8 Å². The van der Waals surface area contributed by atoms with Gasteiger partial charge in [-0.25, -0.2) is 0 Å². The van der Waals surface area contributed by atoms with Gasteiger partial charge in [-0.1, -0.05) is 0 Å². The maximum absolute atomic E-state index is 12.5. The molecule has 0 aliphatic carbocycles. The molecule has 0 unspecified atom stereocenters. The molecule has 0 radical (unpaired) electrons. The second-order valence-corrected chi connectivity index (χ2v) is 6.06. The van der Waals surface area contributed by atoms with Crippen molar-refractivity contribution < 1.29 is 22.7 Å².